The van der Waals surface area contributed by atoms with Crippen LogP contribution in [-0.4, -0.2) is 19.7 Å². The molecule has 0 saturated carbocycles. The maximum Gasteiger partial charge on any atom is 0.164 e. The fraction of sp³-hybridized carbons (Fsp3) is 0. The summed E-state index contributed by atoms with van der Waals surface area (Å²) in [5, 5.41) is 16.0. The Morgan fingerprint density at radius 2 is 1.48 bits per heavy atom. The molecule has 0 saturated heterocycles. The number of nitrogens with zero attached hydrogens (tertiary/aromatic N) is 5. The van der Waals surface area contributed by atoms with Crippen molar-refractivity contribution in [2.24, 2.45) is 0 Å². The fourth-order valence-corrected chi connectivity index (χ4v) is 4.09. The molecule has 6 aromatic rings. The normalized spacial score (nSPS) is 11.0. The van der Waals surface area contributed by atoms with E-state index in [4.69, 9.17) is 15.3 Å². The average Bonchev–Trinajstić information content (AvgIpc) is 3.26. The molecule has 0 fully saturated rings. The molecule has 0 aliphatic rings. The van der Waals surface area contributed by atoms with Gasteiger partial charge in [-0.1, -0.05) is 36.4 Å². The molecule has 0 N–H and O–H groups in total. The molecule has 5 nitrogen and oxygen atoms in total. The van der Waals surface area contributed by atoms with Gasteiger partial charge in [0.25, 0.3) is 0 Å². The van der Waals surface area contributed by atoms with E-state index in [9.17, 15) is 0 Å². The predicted molar refractivity (Wildman–Crippen MR) is 130 cm³/mol. The molecule has 0 amide bonds. The molecule has 3 aromatic carbocycles. The topological polar surface area (TPSA) is 67.4 Å². The van der Waals surface area contributed by atoms with Gasteiger partial charge in [-0.05, 0) is 65.7 Å². The summed E-state index contributed by atoms with van der Waals surface area (Å²) in [6, 6.07) is 32.2. The van der Waals surface area contributed by atoms with Crippen molar-refractivity contribution in [3.8, 4) is 34.1 Å². The van der Waals surface area contributed by atoms with Crippen LogP contribution in [0.25, 0.3) is 50.0 Å². The SMILES string of the molecule is N#Cc1ccc(-c2ccc3nc4c(cc3c2)c(-c2ccncc2)nn4-c2ccccc2)cc1. The Morgan fingerprint density at radius 3 is 2.24 bits per heavy atom. The Labute approximate surface area is 190 Å². The van der Waals surface area contributed by atoms with Crippen LogP contribution in [0.5, 0.6) is 0 Å². The van der Waals surface area contributed by atoms with Gasteiger partial charge < -0.3 is 0 Å². The standard InChI is InChI=1S/C28H17N5/c29-18-19-6-8-20(9-7-19)22-10-11-26-23(16-22)17-25-27(21-12-14-30-15-13-21)32-33(28(25)31-26)24-4-2-1-3-5-24/h1-17H. The van der Waals surface area contributed by atoms with E-state index in [1.165, 1.54) is 0 Å². The van der Waals surface area contributed by atoms with Crippen LogP contribution in [0.3, 0.4) is 0 Å². The van der Waals surface area contributed by atoms with E-state index in [1.54, 1.807) is 12.4 Å². The van der Waals surface area contributed by atoms with Crippen LogP contribution in [0.2, 0.25) is 0 Å². The number of para-hydroxylation sites is 1. The first-order valence-corrected chi connectivity index (χ1v) is 10.6. The fourth-order valence-electron chi connectivity index (χ4n) is 4.09. The molecule has 3 aromatic heterocycles. The Bertz CT molecular complexity index is 1640. The minimum atomic E-state index is 0.651. The van der Waals surface area contributed by atoms with E-state index < -0.39 is 0 Å². The number of benzene rings is 3. The minimum Gasteiger partial charge on any atom is -0.265 e. The summed E-state index contributed by atoms with van der Waals surface area (Å²) in [6.45, 7) is 0. The Balaban J connectivity index is 1.59. The zero-order valence-electron chi connectivity index (χ0n) is 17.6. The van der Waals surface area contributed by atoms with Crippen molar-refractivity contribution in [1.29, 1.82) is 5.26 Å². The summed E-state index contributed by atoms with van der Waals surface area (Å²) in [5.74, 6) is 0. The summed E-state index contributed by atoms with van der Waals surface area (Å²) in [5.41, 5.74) is 7.33. The minimum absolute atomic E-state index is 0.651. The van der Waals surface area contributed by atoms with Crippen LogP contribution in [-0.2, 0) is 0 Å². The molecule has 154 valence electrons. The lowest BCUT2D eigenvalue weighted by Crippen LogP contribution is -1.97. The molecule has 3 heterocycles. The molecule has 0 unspecified atom stereocenters. The first-order valence-electron chi connectivity index (χ1n) is 10.6. The van der Waals surface area contributed by atoms with Crippen LogP contribution in [0, 0.1) is 11.3 Å². The maximum atomic E-state index is 9.08. The number of pyridine rings is 2. The van der Waals surface area contributed by atoms with Crippen molar-refractivity contribution >= 4 is 21.9 Å². The smallest absolute Gasteiger partial charge is 0.164 e. The van der Waals surface area contributed by atoms with Crippen molar-refractivity contribution in [2.75, 3.05) is 0 Å². The average molecular weight is 423 g/mol. The van der Waals surface area contributed by atoms with E-state index >= 15 is 0 Å². The zero-order chi connectivity index (χ0) is 22.2. The van der Waals surface area contributed by atoms with Crippen molar-refractivity contribution < 1.29 is 0 Å². The summed E-state index contributed by atoms with van der Waals surface area (Å²) in [7, 11) is 0. The highest BCUT2D eigenvalue weighted by atomic mass is 15.3. The molecular weight excluding hydrogens is 406 g/mol. The number of rotatable bonds is 3. The number of nitriles is 1. The summed E-state index contributed by atoms with van der Waals surface area (Å²) in [4.78, 5) is 9.16. The first-order chi connectivity index (χ1) is 16.3. The van der Waals surface area contributed by atoms with Gasteiger partial charge in [0.1, 0.15) is 5.69 Å². The van der Waals surface area contributed by atoms with Gasteiger partial charge in [-0.2, -0.15) is 10.4 Å². The molecule has 5 heteroatoms. The van der Waals surface area contributed by atoms with Crippen LogP contribution in [0.4, 0.5) is 0 Å². The largest absolute Gasteiger partial charge is 0.265 e. The summed E-state index contributed by atoms with van der Waals surface area (Å²) in [6.07, 6.45) is 3.56. The molecule has 0 spiro atoms. The van der Waals surface area contributed by atoms with Crippen molar-refractivity contribution in [1.82, 2.24) is 19.7 Å². The second-order valence-corrected chi connectivity index (χ2v) is 7.79. The lowest BCUT2D eigenvalue weighted by molar-refractivity contribution is 0.903. The van der Waals surface area contributed by atoms with Crippen molar-refractivity contribution in [2.45, 2.75) is 0 Å². The quantitative estimate of drug-likeness (QED) is 0.341. The third-order valence-corrected chi connectivity index (χ3v) is 5.75. The van der Waals surface area contributed by atoms with E-state index in [0.717, 1.165) is 50.0 Å². The molecule has 33 heavy (non-hydrogen) atoms. The lowest BCUT2D eigenvalue weighted by atomic mass is 10.0. The van der Waals surface area contributed by atoms with Gasteiger partial charge >= 0.3 is 0 Å². The van der Waals surface area contributed by atoms with Crippen molar-refractivity contribution in [3.05, 3.63) is 109 Å². The second-order valence-electron chi connectivity index (χ2n) is 7.79. The number of aromatic nitrogens is 4. The summed E-state index contributed by atoms with van der Waals surface area (Å²) >= 11 is 0. The van der Waals surface area contributed by atoms with E-state index in [0.29, 0.717) is 5.56 Å². The highest BCUT2D eigenvalue weighted by Gasteiger charge is 2.16. The van der Waals surface area contributed by atoms with Gasteiger partial charge in [0.15, 0.2) is 5.65 Å². The van der Waals surface area contributed by atoms with Crippen LogP contribution in [0.15, 0.2) is 103 Å². The number of fused-ring (bicyclic) bond motifs is 2. The van der Waals surface area contributed by atoms with E-state index in [-0.39, 0.29) is 0 Å². The molecule has 0 bridgehead atoms. The molecule has 0 aliphatic carbocycles. The number of hydrogen-bond acceptors (Lipinski definition) is 4. The predicted octanol–water partition coefficient (Wildman–Crippen LogP) is 6.17. The molecule has 6 rings (SSSR count). The molecular formula is C28H17N5. The lowest BCUT2D eigenvalue weighted by Gasteiger charge is -2.06. The third kappa shape index (κ3) is 3.31. The first kappa shape index (κ1) is 18.9. The van der Waals surface area contributed by atoms with Gasteiger partial charge in [-0.25, -0.2) is 9.67 Å². The van der Waals surface area contributed by atoms with Gasteiger partial charge in [0.05, 0.1) is 22.8 Å². The van der Waals surface area contributed by atoms with Crippen molar-refractivity contribution in [3.63, 3.8) is 0 Å². The van der Waals surface area contributed by atoms with Gasteiger partial charge in [-0.3, -0.25) is 4.98 Å². The number of hydrogen-bond donors (Lipinski definition) is 0. The molecule has 0 aliphatic heterocycles. The molecule has 0 radical (unpaired) electrons. The van der Waals surface area contributed by atoms with Gasteiger partial charge in [0.2, 0.25) is 0 Å². The Morgan fingerprint density at radius 1 is 0.727 bits per heavy atom. The maximum absolute atomic E-state index is 9.08. The Hall–Kier alpha value is -4.82. The third-order valence-electron chi connectivity index (χ3n) is 5.75. The highest BCUT2D eigenvalue weighted by molar-refractivity contribution is 6.00. The van der Waals surface area contributed by atoms with Crippen LogP contribution >= 0.6 is 0 Å². The van der Waals surface area contributed by atoms with Crippen LogP contribution < -0.4 is 0 Å². The zero-order valence-corrected chi connectivity index (χ0v) is 17.6. The highest BCUT2D eigenvalue weighted by Crippen LogP contribution is 2.32. The molecule has 0 atom stereocenters. The van der Waals surface area contributed by atoms with Gasteiger partial charge in [-0.15, -0.1) is 0 Å². The van der Waals surface area contributed by atoms with Crippen LogP contribution in [0.1, 0.15) is 5.56 Å². The summed E-state index contributed by atoms with van der Waals surface area (Å²) < 4.78 is 1.90. The van der Waals surface area contributed by atoms with E-state index in [1.807, 2.05) is 77.5 Å². The van der Waals surface area contributed by atoms with Gasteiger partial charge in [0, 0.05) is 28.7 Å². The van der Waals surface area contributed by atoms with E-state index in [2.05, 4.69) is 29.3 Å². The second kappa shape index (κ2) is 7.70. The monoisotopic (exact) mass is 423 g/mol. The Kier molecular flexibility index (Phi) is 4.41.